The van der Waals surface area contributed by atoms with Gasteiger partial charge in [-0.25, -0.2) is 0 Å². The molecule has 0 saturated heterocycles. The van der Waals surface area contributed by atoms with Gasteiger partial charge in [0.2, 0.25) is 0 Å². The van der Waals surface area contributed by atoms with E-state index in [0.29, 0.717) is 0 Å². The Morgan fingerprint density at radius 3 is 2.33 bits per heavy atom. The van der Waals surface area contributed by atoms with Gasteiger partial charge in [-0.3, -0.25) is 0 Å². The molecule has 0 aromatic heterocycles. The smallest absolute Gasteiger partial charge is 0.0266 e. The molecule has 1 radical (unpaired) electrons. The van der Waals surface area contributed by atoms with Crippen LogP contribution in [0.4, 0.5) is 0 Å². The van der Waals surface area contributed by atoms with E-state index in [0.717, 1.165) is 5.56 Å². The highest BCUT2D eigenvalue weighted by Crippen LogP contribution is 2.06. The van der Waals surface area contributed by atoms with Crippen molar-refractivity contribution in [3.8, 4) is 0 Å². The molecule has 0 unspecified atom stereocenters. The second-order valence-electron chi connectivity index (χ2n) is 2.12. The minimum atomic E-state index is 0.139. The minimum Gasteiger partial charge on any atom is -0.324 e. The maximum Gasteiger partial charge on any atom is 0.0266 e. The van der Waals surface area contributed by atoms with Gasteiger partial charge < -0.3 is 5.73 Å². The molecule has 0 aliphatic rings. The first kappa shape index (κ1) is 6.30. The summed E-state index contributed by atoms with van der Waals surface area (Å²) in [5.74, 6) is 0. The van der Waals surface area contributed by atoms with Crippen LogP contribution in [0.3, 0.4) is 0 Å². The van der Waals surface area contributed by atoms with Gasteiger partial charge in [-0.05, 0) is 18.6 Å². The second-order valence-corrected chi connectivity index (χ2v) is 2.12. The third-order valence-electron chi connectivity index (χ3n) is 1.27. The van der Waals surface area contributed by atoms with Crippen LogP contribution in [0.15, 0.2) is 24.3 Å². The first-order valence-corrected chi connectivity index (χ1v) is 3.02. The summed E-state index contributed by atoms with van der Waals surface area (Å²) in [4.78, 5) is 0. The molecular weight excluding hydrogens is 110 g/mol. The van der Waals surface area contributed by atoms with Crippen molar-refractivity contribution in [2.24, 2.45) is 5.73 Å². The maximum absolute atomic E-state index is 5.60. The molecule has 1 nitrogen and oxygen atoms in total. The van der Waals surface area contributed by atoms with Crippen LogP contribution in [0, 0.1) is 6.07 Å². The van der Waals surface area contributed by atoms with E-state index in [1.807, 2.05) is 31.2 Å². The zero-order chi connectivity index (χ0) is 6.69. The van der Waals surface area contributed by atoms with Gasteiger partial charge in [-0.1, -0.05) is 24.3 Å². The fraction of sp³-hybridized carbons (Fsp3) is 0.250. The van der Waals surface area contributed by atoms with Crippen molar-refractivity contribution in [3.05, 3.63) is 35.9 Å². The maximum atomic E-state index is 5.60. The summed E-state index contributed by atoms with van der Waals surface area (Å²) < 4.78 is 0. The standard InChI is InChI=1S/C8H10N/c1-7(9)8-5-3-2-4-6-8/h3-7H,9H2,1H3/t7-/m1/s1. The number of hydrogen-bond acceptors (Lipinski definition) is 1. The van der Waals surface area contributed by atoms with E-state index in [-0.39, 0.29) is 6.04 Å². The zero-order valence-electron chi connectivity index (χ0n) is 5.46. The summed E-state index contributed by atoms with van der Waals surface area (Å²) in [6, 6.07) is 10.8. The van der Waals surface area contributed by atoms with Crippen LogP contribution in [-0.4, -0.2) is 0 Å². The fourth-order valence-corrected chi connectivity index (χ4v) is 0.703. The highest BCUT2D eigenvalue weighted by molar-refractivity contribution is 5.16. The highest BCUT2D eigenvalue weighted by Gasteiger charge is 1.93. The molecule has 1 atom stereocenters. The van der Waals surface area contributed by atoms with Crippen molar-refractivity contribution < 1.29 is 0 Å². The Bertz CT molecular complexity index is 167. The lowest BCUT2D eigenvalue weighted by molar-refractivity contribution is 0.818. The van der Waals surface area contributed by atoms with Gasteiger partial charge in [0.1, 0.15) is 0 Å². The summed E-state index contributed by atoms with van der Waals surface area (Å²) in [5, 5.41) is 0. The zero-order valence-corrected chi connectivity index (χ0v) is 5.46. The van der Waals surface area contributed by atoms with Crippen molar-refractivity contribution in [2.45, 2.75) is 13.0 Å². The second kappa shape index (κ2) is 2.65. The molecule has 1 rings (SSSR count). The monoisotopic (exact) mass is 120 g/mol. The lowest BCUT2D eigenvalue weighted by Gasteiger charge is -2.01. The van der Waals surface area contributed by atoms with E-state index in [9.17, 15) is 0 Å². The topological polar surface area (TPSA) is 26.0 Å². The van der Waals surface area contributed by atoms with E-state index in [4.69, 9.17) is 5.73 Å². The Balaban J connectivity index is 2.85. The molecule has 0 spiro atoms. The van der Waals surface area contributed by atoms with Crippen LogP contribution < -0.4 is 5.73 Å². The molecule has 1 aromatic rings. The van der Waals surface area contributed by atoms with Crippen LogP contribution in [0.5, 0.6) is 0 Å². The molecule has 1 aromatic carbocycles. The Labute approximate surface area is 55.5 Å². The van der Waals surface area contributed by atoms with Crippen molar-refractivity contribution >= 4 is 0 Å². The predicted molar refractivity (Wildman–Crippen MR) is 37.9 cm³/mol. The van der Waals surface area contributed by atoms with Crippen LogP contribution in [-0.2, 0) is 0 Å². The van der Waals surface area contributed by atoms with Crippen molar-refractivity contribution in [3.63, 3.8) is 0 Å². The molecule has 0 saturated carbocycles. The third kappa shape index (κ3) is 1.54. The number of benzene rings is 1. The molecule has 47 valence electrons. The summed E-state index contributed by atoms with van der Waals surface area (Å²) >= 11 is 0. The van der Waals surface area contributed by atoms with Gasteiger partial charge in [0, 0.05) is 6.04 Å². The van der Waals surface area contributed by atoms with E-state index in [1.54, 1.807) is 0 Å². The average Bonchev–Trinajstić information content (AvgIpc) is 1.90. The molecule has 1 heteroatoms. The minimum absolute atomic E-state index is 0.139. The number of rotatable bonds is 1. The molecule has 0 aliphatic heterocycles. The lowest BCUT2D eigenvalue weighted by Crippen LogP contribution is -2.03. The number of hydrogen-bond donors (Lipinski definition) is 1. The third-order valence-corrected chi connectivity index (χ3v) is 1.27. The van der Waals surface area contributed by atoms with Crippen molar-refractivity contribution in [1.29, 1.82) is 0 Å². The quantitative estimate of drug-likeness (QED) is 0.597. The Morgan fingerprint density at radius 2 is 2.00 bits per heavy atom. The van der Waals surface area contributed by atoms with E-state index in [1.165, 1.54) is 0 Å². The van der Waals surface area contributed by atoms with Crippen LogP contribution in [0.2, 0.25) is 0 Å². The summed E-state index contributed by atoms with van der Waals surface area (Å²) in [6.07, 6.45) is 0. The Kier molecular flexibility index (Phi) is 1.85. The molecule has 0 heterocycles. The van der Waals surface area contributed by atoms with Gasteiger partial charge in [0.15, 0.2) is 0 Å². The molecule has 0 aliphatic carbocycles. The lowest BCUT2D eigenvalue weighted by atomic mass is 10.1. The molecule has 0 bridgehead atoms. The molecular formula is C8H10N. The molecule has 2 N–H and O–H groups in total. The molecule has 9 heavy (non-hydrogen) atoms. The van der Waals surface area contributed by atoms with Gasteiger partial charge in [-0.2, -0.15) is 0 Å². The van der Waals surface area contributed by atoms with Crippen LogP contribution in [0.25, 0.3) is 0 Å². The predicted octanol–water partition coefficient (Wildman–Crippen LogP) is 1.51. The van der Waals surface area contributed by atoms with Crippen molar-refractivity contribution in [1.82, 2.24) is 0 Å². The normalized spacial score (nSPS) is 13.1. The van der Waals surface area contributed by atoms with Gasteiger partial charge in [0.25, 0.3) is 0 Å². The SMILES string of the molecule is C[C@@H](N)c1cc[c]cc1. The first-order valence-electron chi connectivity index (χ1n) is 3.02. The largest absolute Gasteiger partial charge is 0.324 e. The van der Waals surface area contributed by atoms with E-state index < -0.39 is 0 Å². The number of nitrogens with two attached hydrogens (primary N) is 1. The average molecular weight is 120 g/mol. The summed E-state index contributed by atoms with van der Waals surface area (Å²) in [7, 11) is 0. The van der Waals surface area contributed by atoms with E-state index >= 15 is 0 Å². The Hall–Kier alpha value is -0.820. The van der Waals surface area contributed by atoms with Crippen LogP contribution >= 0.6 is 0 Å². The van der Waals surface area contributed by atoms with E-state index in [2.05, 4.69) is 6.07 Å². The molecule has 0 amide bonds. The summed E-state index contributed by atoms with van der Waals surface area (Å²) in [5.41, 5.74) is 6.76. The fourth-order valence-electron chi connectivity index (χ4n) is 0.703. The van der Waals surface area contributed by atoms with Gasteiger partial charge in [-0.15, -0.1) is 0 Å². The van der Waals surface area contributed by atoms with Crippen LogP contribution in [0.1, 0.15) is 18.5 Å². The first-order chi connectivity index (χ1) is 4.30. The Morgan fingerprint density at radius 1 is 1.44 bits per heavy atom. The molecule has 0 fully saturated rings. The highest BCUT2D eigenvalue weighted by atomic mass is 14.6. The van der Waals surface area contributed by atoms with Gasteiger partial charge in [0.05, 0.1) is 0 Å². The van der Waals surface area contributed by atoms with Gasteiger partial charge >= 0.3 is 0 Å². The summed E-state index contributed by atoms with van der Waals surface area (Å²) in [6.45, 7) is 1.97. The van der Waals surface area contributed by atoms with Crippen molar-refractivity contribution in [2.75, 3.05) is 0 Å².